The van der Waals surface area contributed by atoms with Crippen LogP contribution in [0.25, 0.3) is 0 Å². The highest BCUT2D eigenvalue weighted by atomic mass is 127. The highest BCUT2D eigenvalue weighted by molar-refractivity contribution is 14.1. The van der Waals surface area contributed by atoms with Crippen molar-refractivity contribution in [2.75, 3.05) is 26.7 Å². The van der Waals surface area contributed by atoms with E-state index in [-0.39, 0.29) is 5.91 Å². The molecule has 1 N–H and O–H groups in total. The van der Waals surface area contributed by atoms with Crippen LogP contribution in [0.4, 0.5) is 0 Å². The molecule has 1 heterocycles. The first-order chi connectivity index (χ1) is 9.61. The van der Waals surface area contributed by atoms with Gasteiger partial charge in [-0.3, -0.25) is 4.79 Å². The predicted molar refractivity (Wildman–Crippen MR) is 94.0 cm³/mol. The van der Waals surface area contributed by atoms with Crippen molar-refractivity contribution in [2.24, 2.45) is 5.92 Å². The average molecular weight is 451 g/mol. The van der Waals surface area contributed by atoms with Gasteiger partial charge < -0.3 is 10.2 Å². The zero-order chi connectivity index (χ0) is 14.5. The molecule has 0 aliphatic carbocycles. The van der Waals surface area contributed by atoms with Gasteiger partial charge in [-0.2, -0.15) is 0 Å². The molecular weight excluding hydrogens is 431 g/mol. The van der Waals surface area contributed by atoms with Gasteiger partial charge in [-0.25, -0.2) is 0 Å². The summed E-state index contributed by atoms with van der Waals surface area (Å²) in [6.45, 7) is 2.84. The van der Waals surface area contributed by atoms with E-state index in [1.807, 2.05) is 30.1 Å². The second kappa shape index (κ2) is 7.75. The molecule has 1 fully saturated rings. The lowest BCUT2D eigenvalue weighted by Gasteiger charge is -2.32. The SMILES string of the molecule is CNCCC1CCN(C(=O)c2cc(Br)ccc2I)CC1. The van der Waals surface area contributed by atoms with Gasteiger partial charge >= 0.3 is 0 Å². The van der Waals surface area contributed by atoms with Crippen LogP contribution < -0.4 is 5.32 Å². The van der Waals surface area contributed by atoms with Crippen LogP contribution in [-0.2, 0) is 0 Å². The van der Waals surface area contributed by atoms with E-state index in [4.69, 9.17) is 0 Å². The molecule has 1 saturated heterocycles. The molecule has 0 atom stereocenters. The number of hydrogen-bond donors (Lipinski definition) is 1. The molecule has 1 aromatic carbocycles. The third kappa shape index (κ3) is 4.18. The Labute approximate surface area is 142 Å². The van der Waals surface area contributed by atoms with Crippen molar-refractivity contribution < 1.29 is 4.79 Å². The van der Waals surface area contributed by atoms with Crippen LogP contribution in [0.3, 0.4) is 0 Å². The highest BCUT2D eigenvalue weighted by Gasteiger charge is 2.24. The minimum atomic E-state index is 0.169. The molecular formula is C15H20BrIN2O. The summed E-state index contributed by atoms with van der Waals surface area (Å²) in [6, 6.07) is 5.89. The zero-order valence-corrected chi connectivity index (χ0v) is 15.4. The summed E-state index contributed by atoms with van der Waals surface area (Å²) >= 11 is 5.68. The molecule has 20 heavy (non-hydrogen) atoms. The first-order valence-corrected chi connectivity index (χ1v) is 8.88. The van der Waals surface area contributed by atoms with Crippen molar-refractivity contribution in [1.29, 1.82) is 0 Å². The van der Waals surface area contributed by atoms with E-state index in [1.54, 1.807) is 0 Å². The number of halogens is 2. The number of hydrogen-bond acceptors (Lipinski definition) is 2. The van der Waals surface area contributed by atoms with Crippen molar-refractivity contribution in [2.45, 2.75) is 19.3 Å². The number of benzene rings is 1. The Morgan fingerprint density at radius 2 is 2.15 bits per heavy atom. The lowest BCUT2D eigenvalue weighted by Crippen LogP contribution is -2.39. The van der Waals surface area contributed by atoms with Crippen molar-refractivity contribution in [3.05, 3.63) is 31.8 Å². The van der Waals surface area contributed by atoms with E-state index < -0.39 is 0 Å². The molecule has 110 valence electrons. The van der Waals surface area contributed by atoms with Crippen LogP contribution in [0.5, 0.6) is 0 Å². The molecule has 0 radical (unpaired) electrons. The van der Waals surface area contributed by atoms with E-state index in [9.17, 15) is 4.79 Å². The van der Waals surface area contributed by atoms with Gasteiger partial charge in [0.05, 0.1) is 5.56 Å². The number of nitrogens with one attached hydrogen (secondary N) is 1. The molecule has 0 spiro atoms. The summed E-state index contributed by atoms with van der Waals surface area (Å²) in [6.07, 6.45) is 3.46. The average Bonchev–Trinajstić information content (AvgIpc) is 2.47. The van der Waals surface area contributed by atoms with Crippen molar-refractivity contribution >= 4 is 44.4 Å². The van der Waals surface area contributed by atoms with Gasteiger partial charge in [0.15, 0.2) is 0 Å². The normalized spacial score (nSPS) is 16.4. The Kier molecular flexibility index (Phi) is 6.29. The van der Waals surface area contributed by atoms with Gasteiger partial charge in [0.25, 0.3) is 5.91 Å². The van der Waals surface area contributed by atoms with Gasteiger partial charge in [-0.05, 0) is 79.6 Å². The molecule has 3 nitrogen and oxygen atoms in total. The largest absolute Gasteiger partial charge is 0.339 e. The Balaban J connectivity index is 1.96. The van der Waals surface area contributed by atoms with Crippen LogP contribution in [-0.4, -0.2) is 37.5 Å². The maximum atomic E-state index is 12.6. The molecule has 5 heteroatoms. The number of nitrogens with zero attached hydrogens (tertiary/aromatic N) is 1. The quantitative estimate of drug-likeness (QED) is 0.712. The van der Waals surface area contributed by atoms with E-state index in [0.717, 1.165) is 52.0 Å². The second-order valence-electron chi connectivity index (χ2n) is 5.25. The fraction of sp³-hybridized carbons (Fsp3) is 0.533. The van der Waals surface area contributed by atoms with Crippen LogP contribution in [0.15, 0.2) is 22.7 Å². The summed E-state index contributed by atoms with van der Waals surface area (Å²) in [5.41, 5.74) is 0.814. The van der Waals surface area contributed by atoms with Crippen molar-refractivity contribution in [3.63, 3.8) is 0 Å². The number of amides is 1. The minimum absolute atomic E-state index is 0.169. The Bertz CT molecular complexity index is 473. The first kappa shape index (κ1) is 16.2. The van der Waals surface area contributed by atoms with Gasteiger partial charge in [0.1, 0.15) is 0 Å². The smallest absolute Gasteiger partial charge is 0.254 e. The molecule has 1 aliphatic rings. The van der Waals surface area contributed by atoms with Crippen molar-refractivity contribution in [1.82, 2.24) is 10.2 Å². The molecule has 0 saturated carbocycles. The highest BCUT2D eigenvalue weighted by Crippen LogP contribution is 2.24. The van der Waals surface area contributed by atoms with Crippen LogP contribution in [0, 0.1) is 9.49 Å². The summed E-state index contributed by atoms with van der Waals surface area (Å²) < 4.78 is 1.98. The third-order valence-corrected chi connectivity index (χ3v) is 5.30. The fourth-order valence-corrected chi connectivity index (χ4v) is 3.53. The Morgan fingerprint density at radius 3 is 2.80 bits per heavy atom. The zero-order valence-electron chi connectivity index (χ0n) is 11.7. The van der Waals surface area contributed by atoms with Crippen LogP contribution >= 0.6 is 38.5 Å². The predicted octanol–water partition coefficient (Wildman–Crippen LogP) is 3.52. The lowest BCUT2D eigenvalue weighted by molar-refractivity contribution is 0.0686. The molecule has 2 rings (SSSR count). The standard InChI is InChI=1S/C15H20BrIN2O/c1-18-7-4-11-5-8-19(9-6-11)15(20)13-10-12(16)2-3-14(13)17/h2-3,10-11,18H,4-9H2,1H3. The second-order valence-corrected chi connectivity index (χ2v) is 7.33. The molecule has 0 bridgehead atoms. The minimum Gasteiger partial charge on any atom is -0.339 e. The van der Waals surface area contributed by atoms with Crippen molar-refractivity contribution in [3.8, 4) is 0 Å². The molecule has 1 aromatic rings. The maximum Gasteiger partial charge on any atom is 0.254 e. The number of piperidine rings is 1. The topological polar surface area (TPSA) is 32.3 Å². The fourth-order valence-electron chi connectivity index (χ4n) is 2.60. The lowest BCUT2D eigenvalue weighted by atomic mass is 9.93. The van der Waals surface area contributed by atoms with Crippen LogP contribution in [0.1, 0.15) is 29.6 Å². The van der Waals surface area contributed by atoms with E-state index in [2.05, 4.69) is 43.8 Å². The molecule has 1 aliphatic heterocycles. The molecule has 1 amide bonds. The maximum absolute atomic E-state index is 12.6. The third-order valence-electron chi connectivity index (χ3n) is 3.86. The van der Waals surface area contributed by atoms with E-state index in [1.165, 1.54) is 6.42 Å². The van der Waals surface area contributed by atoms with E-state index in [0.29, 0.717) is 0 Å². The summed E-state index contributed by atoms with van der Waals surface area (Å²) in [5.74, 6) is 0.927. The monoisotopic (exact) mass is 450 g/mol. The Morgan fingerprint density at radius 1 is 1.45 bits per heavy atom. The van der Waals surface area contributed by atoms with Gasteiger partial charge in [-0.15, -0.1) is 0 Å². The molecule has 0 unspecified atom stereocenters. The summed E-state index contributed by atoms with van der Waals surface area (Å²) in [7, 11) is 1.99. The van der Waals surface area contributed by atoms with E-state index >= 15 is 0 Å². The molecule has 0 aromatic heterocycles. The van der Waals surface area contributed by atoms with Gasteiger partial charge in [-0.1, -0.05) is 15.9 Å². The Hall–Kier alpha value is -0.140. The summed E-state index contributed by atoms with van der Waals surface area (Å²) in [4.78, 5) is 14.6. The number of rotatable bonds is 4. The number of carbonyl (C=O) groups is 1. The summed E-state index contributed by atoms with van der Waals surface area (Å²) in [5, 5.41) is 3.20. The van der Waals surface area contributed by atoms with Gasteiger partial charge in [0, 0.05) is 21.1 Å². The first-order valence-electron chi connectivity index (χ1n) is 7.00. The van der Waals surface area contributed by atoms with Gasteiger partial charge in [0.2, 0.25) is 0 Å². The number of likely N-dealkylation sites (tertiary alicyclic amines) is 1. The van der Waals surface area contributed by atoms with Crippen LogP contribution in [0.2, 0.25) is 0 Å². The number of carbonyl (C=O) groups excluding carboxylic acids is 1.